The molecule has 2 N–H and O–H groups in total. The van der Waals surface area contributed by atoms with Crippen molar-refractivity contribution in [3.05, 3.63) is 54.6 Å². The summed E-state index contributed by atoms with van der Waals surface area (Å²) in [6, 6.07) is 8.90. The Hall–Kier alpha value is -3.69. The van der Waals surface area contributed by atoms with Crippen LogP contribution in [0.1, 0.15) is 18.4 Å². The van der Waals surface area contributed by atoms with Crippen molar-refractivity contribution in [2.45, 2.75) is 25.9 Å². The molecule has 1 aliphatic heterocycles. The number of anilines is 2. The van der Waals surface area contributed by atoms with Crippen LogP contribution >= 0.6 is 0 Å². The Morgan fingerprint density at radius 1 is 1.15 bits per heavy atom. The Labute approximate surface area is 195 Å². The average Bonchev–Trinajstić information content (AvgIpc) is 3.27. The number of nitrogens with one attached hydrogen (secondary N) is 2. The van der Waals surface area contributed by atoms with E-state index in [4.69, 9.17) is 0 Å². The fourth-order valence-corrected chi connectivity index (χ4v) is 4.10. The molecule has 0 spiro atoms. The van der Waals surface area contributed by atoms with Crippen molar-refractivity contribution in [3.63, 3.8) is 0 Å². The molecule has 1 saturated heterocycles. The highest BCUT2D eigenvalue weighted by molar-refractivity contribution is 5.90. The predicted octanol–water partition coefficient (Wildman–Crippen LogP) is 5.36. The molecule has 1 aliphatic rings. The number of urea groups is 1. The van der Waals surface area contributed by atoms with E-state index in [1.807, 2.05) is 31.2 Å². The summed E-state index contributed by atoms with van der Waals surface area (Å²) in [4.78, 5) is 26.9. The molecule has 1 atom stereocenters. The number of pyridine rings is 1. The average molecular weight is 470 g/mol. The van der Waals surface area contributed by atoms with Crippen molar-refractivity contribution in [2.75, 3.05) is 30.8 Å². The van der Waals surface area contributed by atoms with Crippen LogP contribution in [0.4, 0.5) is 29.5 Å². The smallest absolute Gasteiger partial charge is 0.373 e. The van der Waals surface area contributed by atoms with E-state index >= 15 is 0 Å². The summed E-state index contributed by atoms with van der Waals surface area (Å²) in [7, 11) is 1.78. The first-order valence-corrected chi connectivity index (χ1v) is 10.9. The maximum absolute atomic E-state index is 12.7. The summed E-state index contributed by atoms with van der Waals surface area (Å²) < 4.78 is 38.0. The molecule has 3 heterocycles. The summed E-state index contributed by atoms with van der Waals surface area (Å²) in [5, 5.41) is 5.81. The van der Waals surface area contributed by atoms with Crippen LogP contribution in [0.25, 0.3) is 22.4 Å². The van der Waals surface area contributed by atoms with Crippen LogP contribution in [0, 0.1) is 12.8 Å². The van der Waals surface area contributed by atoms with Crippen LogP contribution in [-0.4, -0.2) is 52.2 Å². The van der Waals surface area contributed by atoms with Gasteiger partial charge in [-0.15, -0.1) is 0 Å². The molecular formula is C24H25F3N6O. The number of halogens is 3. The largest absolute Gasteiger partial charge is 0.389 e. The molecular weight excluding hydrogens is 445 g/mol. The highest BCUT2D eigenvalue weighted by Gasteiger charge is 2.36. The maximum Gasteiger partial charge on any atom is 0.389 e. The monoisotopic (exact) mass is 470 g/mol. The summed E-state index contributed by atoms with van der Waals surface area (Å²) in [6.45, 7) is 2.37. The van der Waals surface area contributed by atoms with E-state index in [0.717, 1.165) is 27.9 Å². The standard InChI is InChI=1S/C24H25F3N6O/c1-15-3-4-19(32-23(34)33-6-5-16(13-33)10-24(25,26)27)8-20(15)17-7-18(12-29-11-17)21-9-22(28-2)31-14-30-21/h3-4,7-9,11-12,14,16H,5-6,10,13H2,1-2H3,(H,32,34)(H,28,30,31). The van der Waals surface area contributed by atoms with Crippen molar-refractivity contribution >= 4 is 17.5 Å². The van der Waals surface area contributed by atoms with Gasteiger partial charge in [0.25, 0.3) is 0 Å². The Kier molecular flexibility index (Phi) is 6.67. The Bertz CT molecular complexity index is 1180. The first kappa shape index (κ1) is 23.5. The molecule has 10 heteroatoms. The topological polar surface area (TPSA) is 83.0 Å². The fourth-order valence-electron chi connectivity index (χ4n) is 4.10. The molecule has 0 saturated carbocycles. The van der Waals surface area contributed by atoms with Gasteiger partial charge in [-0.25, -0.2) is 14.8 Å². The molecule has 0 radical (unpaired) electrons. The van der Waals surface area contributed by atoms with Gasteiger partial charge in [-0.3, -0.25) is 4.98 Å². The second-order valence-electron chi connectivity index (χ2n) is 8.38. The minimum absolute atomic E-state index is 0.101. The highest BCUT2D eigenvalue weighted by atomic mass is 19.4. The fraction of sp³-hybridized carbons (Fsp3) is 0.333. The van der Waals surface area contributed by atoms with Gasteiger partial charge < -0.3 is 15.5 Å². The number of amides is 2. The van der Waals surface area contributed by atoms with E-state index in [0.29, 0.717) is 24.5 Å². The number of aromatic nitrogens is 3. The van der Waals surface area contributed by atoms with Gasteiger partial charge in [-0.05, 0) is 48.6 Å². The van der Waals surface area contributed by atoms with Gasteiger partial charge in [0, 0.05) is 61.8 Å². The van der Waals surface area contributed by atoms with Gasteiger partial charge in [0.1, 0.15) is 12.1 Å². The lowest BCUT2D eigenvalue weighted by atomic mass is 9.99. The van der Waals surface area contributed by atoms with Crippen molar-refractivity contribution in [1.82, 2.24) is 19.9 Å². The van der Waals surface area contributed by atoms with Crippen molar-refractivity contribution < 1.29 is 18.0 Å². The van der Waals surface area contributed by atoms with E-state index in [1.165, 1.54) is 11.2 Å². The number of likely N-dealkylation sites (tertiary alicyclic amines) is 1. The first-order valence-electron chi connectivity index (χ1n) is 10.9. The van der Waals surface area contributed by atoms with E-state index < -0.39 is 24.5 Å². The second-order valence-corrected chi connectivity index (χ2v) is 8.38. The van der Waals surface area contributed by atoms with Crippen LogP contribution < -0.4 is 10.6 Å². The van der Waals surface area contributed by atoms with Crippen molar-refractivity contribution in [2.24, 2.45) is 5.92 Å². The van der Waals surface area contributed by atoms with E-state index in [1.54, 1.807) is 25.5 Å². The molecule has 1 unspecified atom stereocenters. The Morgan fingerprint density at radius 2 is 1.94 bits per heavy atom. The molecule has 3 aromatic rings. The number of nitrogens with zero attached hydrogens (tertiary/aromatic N) is 4. The minimum atomic E-state index is -4.22. The molecule has 2 aromatic heterocycles. The third kappa shape index (κ3) is 5.62. The molecule has 0 aliphatic carbocycles. The molecule has 34 heavy (non-hydrogen) atoms. The number of alkyl halides is 3. The van der Waals surface area contributed by atoms with Gasteiger partial charge in [0.15, 0.2) is 0 Å². The minimum Gasteiger partial charge on any atom is -0.373 e. The lowest BCUT2D eigenvalue weighted by Crippen LogP contribution is -2.33. The zero-order valence-corrected chi connectivity index (χ0v) is 18.9. The van der Waals surface area contributed by atoms with Crippen LogP contribution in [0.5, 0.6) is 0 Å². The number of rotatable bonds is 5. The summed E-state index contributed by atoms with van der Waals surface area (Å²) in [5.41, 5.74) is 4.82. The third-order valence-electron chi connectivity index (χ3n) is 5.85. The highest BCUT2D eigenvalue weighted by Crippen LogP contribution is 2.32. The normalized spacial score (nSPS) is 15.9. The molecule has 178 valence electrons. The van der Waals surface area contributed by atoms with E-state index in [-0.39, 0.29) is 6.54 Å². The van der Waals surface area contributed by atoms with Crippen molar-refractivity contribution in [1.29, 1.82) is 0 Å². The van der Waals surface area contributed by atoms with Crippen LogP contribution in [0.3, 0.4) is 0 Å². The Morgan fingerprint density at radius 3 is 2.71 bits per heavy atom. The van der Waals surface area contributed by atoms with Gasteiger partial charge in [-0.1, -0.05) is 6.07 Å². The number of carbonyl (C=O) groups is 1. The number of carbonyl (C=O) groups excluding carboxylic acids is 1. The lowest BCUT2D eigenvalue weighted by Gasteiger charge is -2.19. The van der Waals surface area contributed by atoms with E-state index in [9.17, 15) is 18.0 Å². The molecule has 4 rings (SSSR count). The van der Waals surface area contributed by atoms with Crippen molar-refractivity contribution in [3.8, 4) is 22.4 Å². The molecule has 2 amide bonds. The molecule has 7 nitrogen and oxygen atoms in total. The first-order chi connectivity index (χ1) is 16.2. The predicted molar refractivity (Wildman–Crippen MR) is 124 cm³/mol. The number of benzene rings is 1. The summed E-state index contributed by atoms with van der Waals surface area (Å²) in [5.74, 6) is 0.133. The number of hydrogen-bond acceptors (Lipinski definition) is 5. The van der Waals surface area contributed by atoms with Gasteiger partial charge in [0.05, 0.1) is 5.69 Å². The van der Waals surface area contributed by atoms with Gasteiger partial charge >= 0.3 is 12.2 Å². The zero-order valence-electron chi connectivity index (χ0n) is 18.9. The molecule has 1 aromatic carbocycles. The summed E-state index contributed by atoms with van der Waals surface area (Å²) >= 11 is 0. The van der Waals surface area contributed by atoms with Crippen LogP contribution in [0.2, 0.25) is 0 Å². The SMILES string of the molecule is CNc1cc(-c2cncc(-c3cc(NC(=O)N4CCC(CC(F)(F)F)C4)ccc3C)c2)ncn1. The summed E-state index contributed by atoms with van der Waals surface area (Å²) in [6.07, 6.45) is 0.204. The lowest BCUT2D eigenvalue weighted by molar-refractivity contribution is -0.143. The van der Waals surface area contributed by atoms with Crippen LogP contribution in [0.15, 0.2) is 49.1 Å². The Balaban J connectivity index is 1.51. The van der Waals surface area contributed by atoms with E-state index in [2.05, 4.69) is 25.6 Å². The quantitative estimate of drug-likeness (QED) is 0.524. The zero-order chi connectivity index (χ0) is 24.3. The number of hydrogen-bond donors (Lipinski definition) is 2. The molecule has 1 fully saturated rings. The maximum atomic E-state index is 12.7. The number of aryl methyl sites for hydroxylation is 1. The van der Waals surface area contributed by atoms with Crippen LogP contribution in [-0.2, 0) is 0 Å². The molecule has 0 bridgehead atoms. The third-order valence-corrected chi connectivity index (χ3v) is 5.85. The van der Waals surface area contributed by atoms with Gasteiger partial charge in [-0.2, -0.15) is 13.2 Å². The van der Waals surface area contributed by atoms with Gasteiger partial charge in [0.2, 0.25) is 0 Å². The second kappa shape index (κ2) is 9.66.